The maximum absolute atomic E-state index is 11.8. The Morgan fingerprint density at radius 2 is 2.05 bits per heavy atom. The number of halogens is 1. The summed E-state index contributed by atoms with van der Waals surface area (Å²) < 4.78 is 1.47. The summed E-state index contributed by atoms with van der Waals surface area (Å²) in [6, 6.07) is 6.62. The summed E-state index contributed by atoms with van der Waals surface area (Å²) >= 11 is 5.76. The molecule has 0 bridgehead atoms. The molecule has 2 rings (SSSR count). The Kier molecular flexibility index (Phi) is 4.53. The zero-order valence-electron chi connectivity index (χ0n) is 11.0. The van der Waals surface area contributed by atoms with Crippen LogP contribution in [-0.2, 0) is 6.54 Å². The highest BCUT2D eigenvalue weighted by Gasteiger charge is 2.05. The van der Waals surface area contributed by atoms with E-state index >= 15 is 0 Å². The van der Waals surface area contributed by atoms with Crippen LogP contribution in [0, 0.1) is 6.92 Å². The number of hydrogen-bond acceptors (Lipinski definition) is 3. The summed E-state index contributed by atoms with van der Waals surface area (Å²) in [7, 11) is 0. The molecule has 1 N–H and O–H groups in total. The summed E-state index contributed by atoms with van der Waals surface area (Å²) in [4.78, 5) is 27.5. The van der Waals surface area contributed by atoms with Crippen LogP contribution in [0.25, 0.3) is 0 Å². The predicted molar refractivity (Wildman–Crippen MR) is 77.0 cm³/mol. The standard InChI is InChI=1S/C14H14ClN3O2/c1-10-8-16-9-18(14(10)20)7-6-17-13(19)11-2-4-12(15)5-3-11/h2-5,8-9H,6-7H2,1H3,(H,17,19). The summed E-state index contributed by atoms with van der Waals surface area (Å²) in [6.07, 6.45) is 2.98. The van der Waals surface area contributed by atoms with Gasteiger partial charge in [0.1, 0.15) is 0 Å². The second-order valence-corrected chi connectivity index (χ2v) is 4.77. The molecule has 0 saturated heterocycles. The van der Waals surface area contributed by atoms with Gasteiger partial charge in [0.05, 0.1) is 6.33 Å². The van der Waals surface area contributed by atoms with Crippen molar-refractivity contribution < 1.29 is 4.79 Å². The summed E-state index contributed by atoms with van der Waals surface area (Å²) in [5, 5.41) is 3.33. The lowest BCUT2D eigenvalue weighted by Gasteiger charge is -2.07. The third-order valence-corrected chi connectivity index (χ3v) is 3.07. The van der Waals surface area contributed by atoms with Gasteiger partial charge in [0.2, 0.25) is 0 Å². The third-order valence-electron chi connectivity index (χ3n) is 2.82. The zero-order chi connectivity index (χ0) is 14.5. The molecule has 0 radical (unpaired) electrons. The lowest BCUT2D eigenvalue weighted by Crippen LogP contribution is -2.31. The molecule has 1 amide bonds. The van der Waals surface area contributed by atoms with E-state index in [0.29, 0.717) is 29.2 Å². The van der Waals surface area contributed by atoms with Gasteiger partial charge in [0.25, 0.3) is 11.5 Å². The fourth-order valence-electron chi connectivity index (χ4n) is 1.71. The molecule has 104 valence electrons. The minimum absolute atomic E-state index is 0.0965. The van der Waals surface area contributed by atoms with E-state index < -0.39 is 0 Å². The highest BCUT2D eigenvalue weighted by atomic mass is 35.5. The number of nitrogens with one attached hydrogen (secondary N) is 1. The van der Waals surface area contributed by atoms with Crippen molar-refractivity contribution in [1.29, 1.82) is 0 Å². The Balaban J connectivity index is 1.93. The lowest BCUT2D eigenvalue weighted by molar-refractivity contribution is 0.0952. The molecule has 0 saturated carbocycles. The monoisotopic (exact) mass is 291 g/mol. The van der Waals surface area contributed by atoms with Gasteiger partial charge < -0.3 is 5.32 Å². The second-order valence-electron chi connectivity index (χ2n) is 4.34. The van der Waals surface area contributed by atoms with Crippen molar-refractivity contribution in [3.63, 3.8) is 0 Å². The first kappa shape index (κ1) is 14.3. The van der Waals surface area contributed by atoms with Crippen molar-refractivity contribution in [3.8, 4) is 0 Å². The minimum Gasteiger partial charge on any atom is -0.350 e. The number of nitrogens with zero attached hydrogens (tertiary/aromatic N) is 2. The molecule has 5 nitrogen and oxygen atoms in total. The maximum atomic E-state index is 11.8. The molecular weight excluding hydrogens is 278 g/mol. The zero-order valence-corrected chi connectivity index (χ0v) is 11.7. The first-order chi connectivity index (χ1) is 9.58. The molecule has 2 aromatic rings. The van der Waals surface area contributed by atoms with Crippen LogP contribution in [0.1, 0.15) is 15.9 Å². The Bertz CT molecular complexity index is 665. The number of carbonyl (C=O) groups is 1. The predicted octanol–water partition coefficient (Wildman–Crippen LogP) is 1.64. The van der Waals surface area contributed by atoms with Crippen molar-refractivity contribution in [1.82, 2.24) is 14.9 Å². The van der Waals surface area contributed by atoms with Crippen LogP contribution < -0.4 is 10.9 Å². The number of aromatic nitrogens is 2. The number of carbonyl (C=O) groups excluding carboxylic acids is 1. The van der Waals surface area contributed by atoms with Crippen LogP contribution >= 0.6 is 11.6 Å². The highest BCUT2D eigenvalue weighted by Crippen LogP contribution is 2.09. The Hall–Kier alpha value is -2.14. The van der Waals surface area contributed by atoms with E-state index in [1.807, 2.05) is 0 Å². The largest absolute Gasteiger partial charge is 0.350 e. The topological polar surface area (TPSA) is 64.0 Å². The molecule has 0 aliphatic rings. The van der Waals surface area contributed by atoms with Crippen LogP contribution in [0.4, 0.5) is 0 Å². The number of aryl methyl sites for hydroxylation is 1. The average Bonchev–Trinajstić information content (AvgIpc) is 2.44. The lowest BCUT2D eigenvalue weighted by atomic mass is 10.2. The van der Waals surface area contributed by atoms with Crippen LogP contribution in [0.15, 0.2) is 41.6 Å². The van der Waals surface area contributed by atoms with Gasteiger partial charge in [-0.15, -0.1) is 0 Å². The normalized spacial score (nSPS) is 10.3. The summed E-state index contributed by atoms with van der Waals surface area (Å²) in [5.41, 5.74) is 1.02. The van der Waals surface area contributed by atoms with Crippen molar-refractivity contribution in [3.05, 3.63) is 63.3 Å². The van der Waals surface area contributed by atoms with E-state index in [-0.39, 0.29) is 11.5 Å². The second kappa shape index (κ2) is 6.34. The third kappa shape index (κ3) is 3.45. The molecule has 1 aromatic carbocycles. The van der Waals surface area contributed by atoms with E-state index in [9.17, 15) is 9.59 Å². The molecule has 6 heteroatoms. The number of amides is 1. The van der Waals surface area contributed by atoms with Crippen LogP contribution in [0.3, 0.4) is 0 Å². The number of benzene rings is 1. The first-order valence-corrected chi connectivity index (χ1v) is 6.50. The average molecular weight is 292 g/mol. The SMILES string of the molecule is Cc1cncn(CCNC(=O)c2ccc(Cl)cc2)c1=O. The van der Waals surface area contributed by atoms with Crippen molar-refractivity contribution in [2.24, 2.45) is 0 Å². The summed E-state index contributed by atoms with van der Waals surface area (Å²) in [6.45, 7) is 2.44. The van der Waals surface area contributed by atoms with E-state index in [4.69, 9.17) is 11.6 Å². The van der Waals surface area contributed by atoms with Crippen molar-refractivity contribution in [2.45, 2.75) is 13.5 Å². The smallest absolute Gasteiger partial charge is 0.256 e. The van der Waals surface area contributed by atoms with Crippen LogP contribution in [0.2, 0.25) is 5.02 Å². The van der Waals surface area contributed by atoms with Crippen LogP contribution in [-0.4, -0.2) is 22.0 Å². The van der Waals surface area contributed by atoms with Gasteiger partial charge in [-0.1, -0.05) is 11.6 Å². The number of rotatable bonds is 4. The van der Waals surface area contributed by atoms with Gasteiger partial charge in [0.15, 0.2) is 0 Å². The van der Waals surface area contributed by atoms with E-state index in [1.54, 1.807) is 31.2 Å². The Labute approximate surface area is 121 Å². The van der Waals surface area contributed by atoms with Crippen molar-refractivity contribution >= 4 is 17.5 Å². The molecule has 1 heterocycles. The van der Waals surface area contributed by atoms with Gasteiger partial charge in [-0.05, 0) is 31.2 Å². The molecule has 0 aliphatic heterocycles. The fraction of sp³-hybridized carbons (Fsp3) is 0.214. The maximum Gasteiger partial charge on any atom is 0.256 e. The molecule has 0 fully saturated rings. The molecule has 0 spiro atoms. The molecule has 20 heavy (non-hydrogen) atoms. The van der Waals surface area contributed by atoms with Gasteiger partial charge in [-0.25, -0.2) is 4.98 Å². The Morgan fingerprint density at radius 1 is 1.35 bits per heavy atom. The quantitative estimate of drug-likeness (QED) is 0.931. The van der Waals surface area contributed by atoms with E-state index in [1.165, 1.54) is 17.1 Å². The molecular formula is C14H14ClN3O2. The van der Waals surface area contributed by atoms with Gasteiger partial charge in [-0.2, -0.15) is 0 Å². The van der Waals surface area contributed by atoms with Crippen molar-refractivity contribution in [2.75, 3.05) is 6.54 Å². The molecule has 0 aliphatic carbocycles. The molecule has 0 unspecified atom stereocenters. The fourth-order valence-corrected chi connectivity index (χ4v) is 1.84. The number of hydrogen-bond donors (Lipinski definition) is 1. The van der Waals surface area contributed by atoms with Gasteiger partial charge >= 0.3 is 0 Å². The molecule has 1 aromatic heterocycles. The highest BCUT2D eigenvalue weighted by molar-refractivity contribution is 6.30. The van der Waals surface area contributed by atoms with E-state index in [2.05, 4.69) is 10.3 Å². The first-order valence-electron chi connectivity index (χ1n) is 6.13. The van der Waals surface area contributed by atoms with E-state index in [0.717, 1.165) is 0 Å². The van der Waals surface area contributed by atoms with Gasteiger partial charge in [-0.3, -0.25) is 14.2 Å². The molecule has 0 atom stereocenters. The van der Waals surface area contributed by atoms with Gasteiger partial charge in [0, 0.05) is 35.4 Å². The Morgan fingerprint density at radius 3 is 2.75 bits per heavy atom. The minimum atomic E-state index is -0.199. The summed E-state index contributed by atoms with van der Waals surface area (Å²) in [5.74, 6) is -0.199. The van der Waals surface area contributed by atoms with Crippen LogP contribution in [0.5, 0.6) is 0 Å².